The van der Waals surface area contributed by atoms with E-state index in [1.165, 1.54) is 22.5 Å². The first-order valence-corrected chi connectivity index (χ1v) is 17.2. The van der Waals surface area contributed by atoms with Gasteiger partial charge in [0.05, 0.1) is 29.6 Å². The molecule has 0 bridgehead atoms. The van der Waals surface area contributed by atoms with Gasteiger partial charge < -0.3 is 9.64 Å². The lowest BCUT2D eigenvalue weighted by Gasteiger charge is -2.49. The number of hydrogen-bond donors (Lipinski definition) is 0. The molecule has 2 fully saturated rings. The van der Waals surface area contributed by atoms with Gasteiger partial charge in [-0.25, -0.2) is 12.8 Å². The van der Waals surface area contributed by atoms with Gasteiger partial charge in [0, 0.05) is 16.0 Å². The van der Waals surface area contributed by atoms with Crippen LogP contribution in [-0.4, -0.2) is 43.2 Å². The van der Waals surface area contributed by atoms with Crippen molar-refractivity contribution in [2.24, 2.45) is 5.92 Å². The van der Waals surface area contributed by atoms with Crippen molar-refractivity contribution in [2.75, 3.05) is 10.8 Å². The molecule has 5 rings (SSSR count). The summed E-state index contributed by atoms with van der Waals surface area (Å²) in [5, 5.41) is 0.486. The lowest BCUT2D eigenvalue weighted by molar-refractivity contribution is -0.183. The summed E-state index contributed by atoms with van der Waals surface area (Å²) in [6, 6.07) is 19.2. The predicted molar refractivity (Wildman–Crippen MR) is 174 cm³/mol. The first-order valence-electron chi connectivity index (χ1n) is 14.9. The predicted octanol–water partition coefficient (Wildman–Crippen LogP) is 8.13. The van der Waals surface area contributed by atoms with Crippen LogP contribution in [-0.2, 0) is 19.6 Å². The number of nitrogens with zero attached hydrogens (tertiary/aromatic N) is 2. The van der Waals surface area contributed by atoms with Gasteiger partial charge in [0.1, 0.15) is 18.0 Å². The smallest absolute Gasteiger partial charge is 0.253 e. The molecule has 6 nitrogen and oxygen atoms in total. The van der Waals surface area contributed by atoms with Crippen molar-refractivity contribution >= 4 is 44.8 Å². The third-order valence-electron chi connectivity index (χ3n) is 8.35. The molecule has 1 aliphatic heterocycles. The lowest BCUT2D eigenvalue weighted by atomic mass is 9.88. The Labute approximate surface area is 269 Å². The van der Waals surface area contributed by atoms with Crippen LogP contribution in [0.5, 0.6) is 0 Å². The molecule has 1 heterocycles. The van der Waals surface area contributed by atoms with Crippen molar-refractivity contribution in [2.45, 2.75) is 69.6 Å². The highest BCUT2D eigenvalue weighted by Crippen LogP contribution is 2.46. The van der Waals surface area contributed by atoms with Crippen molar-refractivity contribution in [3.63, 3.8) is 0 Å². The zero-order valence-corrected chi connectivity index (χ0v) is 27.3. The third-order valence-corrected chi connectivity index (χ3v) is 11.1. The molecule has 234 valence electrons. The minimum atomic E-state index is -3.88. The molecule has 5 atom stereocenters. The van der Waals surface area contributed by atoms with E-state index in [1.807, 2.05) is 63.3 Å². The number of morpholine rings is 1. The first kappa shape index (κ1) is 32.5. The number of carbonyl (C=O) groups is 1. The quantitative estimate of drug-likeness (QED) is 0.195. The molecule has 0 spiro atoms. The van der Waals surface area contributed by atoms with Crippen LogP contribution in [0.15, 0.2) is 84.9 Å². The number of hydrogen-bond acceptors (Lipinski definition) is 4. The number of halogens is 3. The van der Waals surface area contributed by atoms with E-state index in [9.17, 15) is 13.2 Å². The maximum absolute atomic E-state index is 15.2. The average Bonchev–Trinajstić information content (AvgIpc) is 3.86. The molecular formula is C34H37Cl2FN2O4S. The van der Waals surface area contributed by atoms with Crippen molar-refractivity contribution in [1.29, 1.82) is 0 Å². The highest BCUT2D eigenvalue weighted by Gasteiger charge is 2.49. The Morgan fingerprint density at radius 2 is 1.73 bits per heavy atom. The summed E-state index contributed by atoms with van der Waals surface area (Å²) < 4.78 is 50.7. The average molecular weight is 660 g/mol. The first-order chi connectivity index (χ1) is 21.1. The monoisotopic (exact) mass is 658 g/mol. The second-order valence-electron chi connectivity index (χ2n) is 11.4. The number of benzene rings is 3. The van der Waals surface area contributed by atoms with E-state index in [-0.39, 0.29) is 24.1 Å². The van der Waals surface area contributed by atoms with Crippen LogP contribution in [0.3, 0.4) is 0 Å². The van der Waals surface area contributed by atoms with Gasteiger partial charge in [-0.05, 0) is 73.7 Å². The molecule has 0 aromatic heterocycles. The van der Waals surface area contributed by atoms with E-state index in [0.29, 0.717) is 29.3 Å². The number of sulfonamides is 1. The third kappa shape index (κ3) is 6.69. The topological polar surface area (TPSA) is 66.9 Å². The summed E-state index contributed by atoms with van der Waals surface area (Å²) >= 11 is 12.7. The van der Waals surface area contributed by atoms with Crippen molar-refractivity contribution in [3.8, 4) is 0 Å². The Morgan fingerprint density at radius 3 is 2.34 bits per heavy atom. The van der Waals surface area contributed by atoms with Gasteiger partial charge >= 0.3 is 0 Å². The molecule has 10 heteroatoms. The molecule has 3 aromatic rings. The molecule has 0 radical (unpaired) electrons. The van der Waals surface area contributed by atoms with Crippen molar-refractivity contribution in [3.05, 3.63) is 112 Å². The van der Waals surface area contributed by atoms with Crippen molar-refractivity contribution < 1.29 is 22.3 Å². The maximum atomic E-state index is 15.2. The van der Waals surface area contributed by atoms with E-state index < -0.39 is 45.4 Å². The summed E-state index contributed by atoms with van der Waals surface area (Å²) in [6.45, 7) is 5.60. The Morgan fingerprint density at radius 1 is 1.02 bits per heavy atom. The van der Waals surface area contributed by atoms with E-state index in [0.717, 1.165) is 11.1 Å². The summed E-state index contributed by atoms with van der Waals surface area (Å²) in [4.78, 5) is 16.4. The maximum Gasteiger partial charge on any atom is 0.253 e. The van der Waals surface area contributed by atoms with Gasteiger partial charge in [0.15, 0.2) is 0 Å². The van der Waals surface area contributed by atoms with Gasteiger partial charge in [0.2, 0.25) is 10.0 Å². The fraction of sp³-hybridized carbons (Fsp3) is 0.382. The summed E-state index contributed by atoms with van der Waals surface area (Å²) in [5.41, 5.74) is 1.52. The lowest BCUT2D eigenvalue weighted by Crippen LogP contribution is -2.59. The molecule has 0 N–H and O–H groups in total. The molecule has 2 aliphatic rings. The number of anilines is 1. The van der Waals surface area contributed by atoms with Gasteiger partial charge in [-0.1, -0.05) is 85.6 Å². The molecule has 1 saturated heterocycles. The number of rotatable bonds is 11. The highest BCUT2D eigenvalue weighted by atomic mass is 35.5. The second-order valence-corrected chi connectivity index (χ2v) is 14.5. The summed E-state index contributed by atoms with van der Waals surface area (Å²) in [7, 11) is -3.88. The van der Waals surface area contributed by atoms with E-state index in [4.69, 9.17) is 27.9 Å². The number of amides is 1. The number of allylic oxidation sites excluding steroid dienone is 1. The molecule has 2 unspecified atom stereocenters. The molecule has 1 saturated carbocycles. The largest absolute Gasteiger partial charge is 0.357 e. The number of para-hydroxylation sites is 1. The standard InChI is InChI=1S/C34H37Cl2FN2O4S/c1-4-9-22(3)32-34(40)39(27(5-2)21-38(44(41,42)28-18-19-28)30-13-7-6-12-29(30)37)31(23-14-16-25(35)17-15-23)33(43-32)24-10-8-11-26(36)20-24/h4,6-17,20,22,27-28,31-33H,5,18-19,21H2,1-3H3/t22?,27?,31-,32-,33-/m1/s1. The Hall–Kier alpha value is -2.91. The van der Waals surface area contributed by atoms with E-state index in [2.05, 4.69) is 0 Å². The fourth-order valence-electron chi connectivity index (χ4n) is 5.96. The normalized spacial score (nSPS) is 22.3. The molecular weight excluding hydrogens is 622 g/mol. The van der Waals surface area contributed by atoms with Crippen LogP contribution in [0.4, 0.5) is 10.1 Å². The van der Waals surface area contributed by atoms with Gasteiger partial charge in [-0.3, -0.25) is 9.10 Å². The second kappa shape index (κ2) is 13.6. The highest BCUT2D eigenvalue weighted by molar-refractivity contribution is 7.93. The zero-order chi connectivity index (χ0) is 31.6. The van der Waals surface area contributed by atoms with Crippen LogP contribution >= 0.6 is 23.2 Å². The van der Waals surface area contributed by atoms with Crippen LogP contribution in [0.1, 0.15) is 63.3 Å². The van der Waals surface area contributed by atoms with E-state index in [1.54, 1.807) is 29.2 Å². The molecule has 3 aromatic carbocycles. The minimum Gasteiger partial charge on any atom is -0.357 e. The van der Waals surface area contributed by atoms with Crippen LogP contribution in [0.25, 0.3) is 0 Å². The minimum absolute atomic E-state index is 0.0215. The Bertz CT molecular complexity index is 1610. The SMILES string of the molecule is CC=CC(C)[C@H]1O[C@H](c2cccc(Cl)c2)[C@@H](c2ccc(Cl)cc2)N(C(CC)CN(c2ccccc2F)S(=O)(=O)C2CC2)C1=O. The van der Waals surface area contributed by atoms with Crippen LogP contribution in [0, 0.1) is 11.7 Å². The molecule has 1 aliphatic carbocycles. The Balaban J connectivity index is 1.67. The van der Waals surface area contributed by atoms with Gasteiger partial charge in [0.25, 0.3) is 5.91 Å². The van der Waals surface area contributed by atoms with Gasteiger partial charge in [-0.15, -0.1) is 0 Å². The summed E-state index contributed by atoms with van der Waals surface area (Å²) in [6.07, 6.45) is 3.76. The van der Waals surface area contributed by atoms with Crippen molar-refractivity contribution in [1.82, 2.24) is 4.90 Å². The van der Waals surface area contributed by atoms with Crippen LogP contribution < -0.4 is 4.31 Å². The van der Waals surface area contributed by atoms with Crippen LogP contribution in [0.2, 0.25) is 10.0 Å². The van der Waals surface area contributed by atoms with Gasteiger partial charge in [-0.2, -0.15) is 0 Å². The summed E-state index contributed by atoms with van der Waals surface area (Å²) in [5.74, 6) is -1.18. The zero-order valence-electron chi connectivity index (χ0n) is 24.9. The molecule has 1 amide bonds. The fourth-order valence-corrected chi connectivity index (χ4v) is 8.18. The number of ether oxygens (including phenoxy) is 1. The van der Waals surface area contributed by atoms with E-state index >= 15 is 4.39 Å². The Kier molecular flexibility index (Phi) is 10.0. The number of carbonyl (C=O) groups excluding carboxylic acids is 1. The molecule has 44 heavy (non-hydrogen) atoms.